The molecule has 1 aromatic rings. The molecule has 1 heterocycles. The van der Waals surface area contributed by atoms with Gasteiger partial charge in [-0.25, -0.2) is 0 Å². The third-order valence-corrected chi connectivity index (χ3v) is 2.05. The lowest BCUT2D eigenvalue weighted by Crippen LogP contribution is -2.37. The summed E-state index contributed by atoms with van der Waals surface area (Å²) in [4.78, 5) is 3.95. The molecule has 0 aliphatic carbocycles. The second-order valence-corrected chi connectivity index (χ2v) is 4.08. The van der Waals surface area contributed by atoms with Crippen LogP contribution in [0.25, 0.3) is 0 Å². The molecular formula is C11H16N4S. The van der Waals surface area contributed by atoms with E-state index >= 15 is 0 Å². The first kappa shape index (κ1) is 12.6. The van der Waals surface area contributed by atoms with Crippen LogP contribution in [0.2, 0.25) is 0 Å². The molecule has 0 unspecified atom stereocenters. The Balaban J connectivity index is 2.55. The number of nitrogens with zero attached hydrogens (tertiary/aromatic N) is 2. The van der Waals surface area contributed by atoms with Gasteiger partial charge in [0.05, 0.1) is 5.71 Å². The van der Waals surface area contributed by atoms with Gasteiger partial charge in [0.2, 0.25) is 0 Å². The van der Waals surface area contributed by atoms with Gasteiger partial charge in [0, 0.05) is 24.0 Å². The summed E-state index contributed by atoms with van der Waals surface area (Å²) >= 11 is 5.06. The zero-order valence-corrected chi connectivity index (χ0v) is 10.5. The van der Waals surface area contributed by atoms with Crippen molar-refractivity contribution in [3.8, 4) is 0 Å². The number of thiocarbonyl (C=S) groups is 1. The summed E-state index contributed by atoms with van der Waals surface area (Å²) in [6.45, 7) is 5.96. The van der Waals surface area contributed by atoms with Gasteiger partial charge in [0.15, 0.2) is 5.11 Å². The molecule has 2 N–H and O–H groups in total. The molecule has 1 aromatic heterocycles. The van der Waals surface area contributed by atoms with Gasteiger partial charge < -0.3 is 5.32 Å². The van der Waals surface area contributed by atoms with Gasteiger partial charge in [0.25, 0.3) is 0 Å². The third kappa shape index (κ3) is 4.35. The quantitative estimate of drug-likeness (QED) is 0.476. The maximum absolute atomic E-state index is 5.06. The average molecular weight is 236 g/mol. The van der Waals surface area contributed by atoms with E-state index in [-0.39, 0.29) is 0 Å². The van der Waals surface area contributed by atoms with Crippen molar-refractivity contribution in [3.05, 3.63) is 30.1 Å². The topological polar surface area (TPSA) is 49.3 Å². The molecule has 0 fully saturated rings. The van der Waals surface area contributed by atoms with E-state index in [4.69, 9.17) is 12.2 Å². The molecule has 0 bridgehead atoms. The summed E-state index contributed by atoms with van der Waals surface area (Å²) < 4.78 is 0. The lowest BCUT2D eigenvalue weighted by Gasteiger charge is -2.10. The summed E-state index contributed by atoms with van der Waals surface area (Å²) in [6.07, 6.45) is 3.47. The highest BCUT2D eigenvalue weighted by molar-refractivity contribution is 7.80. The van der Waals surface area contributed by atoms with Crippen molar-refractivity contribution in [2.45, 2.75) is 26.8 Å². The Morgan fingerprint density at radius 2 is 2.00 bits per heavy atom. The molecule has 0 saturated heterocycles. The van der Waals surface area contributed by atoms with Crippen LogP contribution >= 0.6 is 12.2 Å². The fourth-order valence-corrected chi connectivity index (χ4v) is 1.37. The predicted octanol–water partition coefficient (Wildman–Crippen LogP) is 1.68. The van der Waals surface area contributed by atoms with Crippen molar-refractivity contribution in [1.29, 1.82) is 0 Å². The smallest absolute Gasteiger partial charge is 0.187 e. The van der Waals surface area contributed by atoms with Gasteiger partial charge in [-0.05, 0) is 45.1 Å². The third-order valence-electron chi connectivity index (χ3n) is 1.84. The molecule has 0 aliphatic heterocycles. The van der Waals surface area contributed by atoms with Crippen LogP contribution < -0.4 is 10.7 Å². The Morgan fingerprint density at radius 1 is 1.38 bits per heavy atom. The number of hydrogen-bond acceptors (Lipinski definition) is 3. The number of hydrazone groups is 1. The molecule has 0 aromatic carbocycles. The van der Waals surface area contributed by atoms with Crippen molar-refractivity contribution < 1.29 is 0 Å². The summed E-state index contributed by atoms with van der Waals surface area (Å²) in [7, 11) is 0. The van der Waals surface area contributed by atoms with Crippen LogP contribution in [0.3, 0.4) is 0 Å². The van der Waals surface area contributed by atoms with E-state index in [1.54, 1.807) is 12.4 Å². The predicted molar refractivity (Wildman–Crippen MR) is 70.5 cm³/mol. The maximum atomic E-state index is 5.06. The fourth-order valence-electron chi connectivity index (χ4n) is 1.09. The summed E-state index contributed by atoms with van der Waals surface area (Å²) in [6, 6.07) is 4.11. The van der Waals surface area contributed by atoms with Crippen molar-refractivity contribution in [1.82, 2.24) is 15.7 Å². The van der Waals surface area contributed by atoms with E-state index in [1.165, 1.54) is 0 Å². The standard InChI is InChI=1S/C11H16N4S/c1-8(2)13-11(16)15-14-9(3)10-4-6-12-7-5-10/h4-8H,1-3H3,(H2,13,15,16)/b14-9+. The van der Waals surface area contributed by atoms with Crippen LogP contribution in [-0.2, 0) is 0 Å². The number of hydrogen-bond donors (Lipinski definition) is 2. The minimum atomic E-state index is 0.302. The van der Waals surface area contributed by atoms with E-state index in [0.717, 1.165) is 11.3 Å². The molecule has 0 atom stereocenters. The van der Waals surface area contributed by atoms with Crippen LogP contribution in [-0.4, -0.2) is 21.8 Å². The fraction of sp³-hybridized carbons (Fsp3) is 0.364. The molecular weight excluding hydrogens is 220 g/mol. The monoisotopic (exact) mass is 236 g/mol. The molecule has 4 nitrogen and oxygen atoms in total. The second kappa shape index (κ2) is 6.17. The van der Waals surface area contributed by atoms with Gasteiger partial charge in [-0.2, -0.15) is 5.10 Å². The molecule has 0 radical (unpaired) electrons. The summed E-state index contributed by atoms with van der Waals surface area (Å²) in [5.74, 6) is 0. The van der Waals surface area contributed by atoms with Crippen molar-refractivity contribution in [3.63, 3.8) is 0 Å². The van der Waals surface area contributed by atoms with Gasteiger partial charge in [-0.15, -0.1) is 0 Å². The van der Waals surface area contributed by atoms with Crippen LogP contribution in [0.5, 0.6) is 0 Å². The van der Waals surface area contributed by atoms with E-state index in [0.29, 0.717) is 11.2 Å². The largest absolute Gasteiger partial charge is 0.359 e. The van der Waals surface area contributed by atoms with E-state index < -0.39 is 0 Å². The minimum Gasteiger partial charge on any atom is -0.359 e. The Labute approximate surface area is 101 Å². The number of nitrogens with one attached hydrogen (secondary N) is 2. The Kier molecular flexibility index (Phi) is 4.85. The van der Waals surface area contributed by atoms with Gasteiger partial charge >= 0.3 is 0 Å². The zero-order chi connectivity index (χ0) is 12.0. The van der Waals surface area contributed by atoms with Crippen LogP contribution in [0.4, 0.5) is 0 Å². The van der Waals surface area contributed by atoms with Gasteiger partial charge in [0.1, 0.15) is 0 Å². The van der Waals surface area contributed by atoms with Gasteiger partial charge in [-0.1, -0.05) is 0 Å². The lowest BCUT2D eigenvalue weighted by molar-refractivity contribution is 0.719. The molecule has 16 heavy (non-hydrogen) atoms. The Morgan fingerprint density at radius 3 is 2.56 bits per heavy atom. The van der Waals surface area contributed by atoms with E-state index in [1.807, 2.05) is 32.9 Å². The second-order valence-electron chi connectivity index (χ2n) is 3.67. The first-order valence-electron chi connectivity index (χ1n) is 5.11. The Hall–Kier alpha value is -1.49. The highest BCUT2D eigenvalue weighted by Crippen LogP contribution is 1.97. The molecule has 0 amide bonds. The lowest BCUT2D eigenvalue weighted by atomic mass is 10.2. The molecule has 1 rings (SSSR count). The van der Waals surface area contributed by atoms with Gasteiger partial charge in [-0.3, -0.25) is 10.4 Å². The average Bonchev–Trinajstić information content (AvgIpc) is 2.26. The van der Waals surface area contributed by atoms with Crippen LogP contribution in [0.15, 0.2) is 29.6 Å². The van der Waals surface area contributed by atoms with E-state index in [2.05, 4.69) is 20.8 Å². The minimum absolute atomic E-state index is 0.302. The molecule has 5 heteroatoms. The normalized spacial score (nSPS) is 11.4. The van der Waals surface area contributed by atoms with Crippen molar-refractivity contribution in [2.75, 3.05) is 0 Å². The molecule has 0 saturated carbocycles. The first-order valence-corrected chi connectivity index (χ1v) is 5.51. The SMILES string of the molecule is C/C(=N\NC(=S)NC(C)C)c1ccncc1. The number of aromatic nitrogens is 1. The van der Waals surface area contributed by atoms with Crippen molar-refractivity contribution in [2.24, 2.45) is 5.10 Å². The first-order chi connectivity index (χ1) is 7.59. The number of pyridine rings is 1. The molecule has 86 valence electrons. The van der Waals surface area contributed by atoms with E-state index in [9.17, 15) is 0 Å². The highest BCUT2D eigenvalue weighted by Gasteiger charge is 1.98. The summed E-state index contributed by atoms with van der Waals surface area (Å²) in [5.41, 5.74) is 4.69. The Bertz CT molecular complexity index is 373. The maximum Gasteiger partial charge on any atom is 0.187 e. The van der Waals surface area contributed by atoms with Crippen molar-refractivity contribution >= 4 is 23.0 Å². The molecule has 0 spiro atoms. The van der Waals surface area contributed by atoms with Crippen LogP contribution in [0, 0.1) is 0 Å². The zero-order valence-electron chi connectivity index (χ0n) is 9.69. The number of rotatable bonds is 3. The van der Waals surface area contributed by atoms with Crippen LogP contribution in [0.1, 0.15) is 26.3 Å². The summed E-state index contributed by atoms with van der Waals surface area (Å²) in [5, 5.41) is 7.76. The highest BCUT2D eigenvalue weighted by atomic mass is 32.1. The molecule has 0 aliphatic rings.